The quantitative estimate of drug-likeness (QED) is 0.735. The molecule has 3 aromatic rings. The lowest BCUT2D eigenvalue weighted by Crippen LogP contribution is -2.21. The van der Waals surface area contributed by atoms with Gasteiger partial charge in [-0.1, -0.05) is 0 Å². The normalized spacial score (nSPS) is 10.8. The Morgan fingerprint density at radius 2 is 1.73 bits per heavy atom. The second-order valence-electron chi connectivity index (χ2n) is 5.86. The zero-order valence-corrected chi connectivity index (χ0v) is 15.5. The van der Waals surface area contributed by atoms with Crippen molar-refractivity contribution in [1.82, 2.24) is 9.97 Å². The fraction of sp³-hybridized carbons (Fsp3) is 0.300. The highest BCUT2D eigenvalue weighted by atomic mass is 16.5. The smallest absolute Gasteiger partial charge is 0.262 e. The van der Waals surface area contributed by atoms with Crippen molar-refractivity contribution in [3.63, 3.8) is 0 Å². The second kappa shape index (κ2) is 7.47. The van der Waals surface area contributed by atoms with Gasteiger partial charge in [0.15, 0.2) is 0 Å². The third-order valence-electron chi connectivity index (χ3n) is 4.47. The van der Waals surface area contributed by atoms with Crippen molar-refractivity contribution in [1.29, 1.82) is 0 Å². The molecule has 0 spiro atoms. The van der Waals surface area contributed by atoms with Crippen molar-refractivity contribution in [3.8, 4) is 22.9 Å². The zero-order valence-electron chi connectivity index (χ0n) is 15.5. The van der Waals surface area contributed by atoms with E-state index in [4.69, 9.17) is 9.47 Å². The molecule has 1 N–H and O–H groups in total. The Morgan fingerprint density at radius 3 is 2.31 bits per heavy atom. The molecule has 2 aromatic carbocycles. The van der Waals surface area contributed by atoms with Crippen molar-refractivity contribution >= 4 is 16.6 Å². The summed E-state index contributed by atoms with van der Waals surface area (Å²) in [6, 6.07) is 11.4. The predicted molar refractivity (Wildman–Crippen MR) is 104 cm³/mol. The SMILES string of the molecule is CCN(CC)c1ccc(-c2nc3cc(OC)cc(OC)c3c(=O)[nH]2)cc1. The van der Waals surface area contributed by atoms with Gasteiger partial charge in [-0.05, 0) is 38.1 Å². The fourth-order valence-electron chi connectivity index (χ4n) is 3.05. The average molecular weight is 353 g/mol. The molecule has 3 rings (SSSR count). The third kappa shape index (κ3) is 3.22. The predicted octanol–water partition coefficient (Wildman–Crippen LogP) is 3.45. The minimum absolute atomic E-state index is 0.239. The van der Waals surface area contributed by atoms with Crippen molar-refractivity contribution in [3.05, 3.63) is 46.8 Å². The number of hydrogen-bond acceptors (Lipinski definition) is 5. The van der Waals surface area contributed by atoms with Gasteiger partial charge in [0.2, 0.25) is 0 Å². The zero-order chi connectivity index (χ0) is 18.7. The van der Waals surface area contributed by atoms with E-state index >= 15 is 0 Å². The van der Waals surface area contributed by atoms with Crippen LogP contribution in [0.5, 0.6) is 11.5 Å². The number of nitrogens with one attached hydrogen (secondary N) is 1. The molecule has 0 aliphatic rings. The summed E-state index contributed by atoms with van der Waals surface area (Å²) >= 11 is 0. The molecular weight excluding hydrogens is 330 g/mol. The minimum Gasteiger partial charge on any atom is -0.497 e. The van der Waals surface area contributed by atoms with Crippen LogP contribution < -0.4 is 19.9 Å². The van der Waals surface area contributed by atoms with Gasteiger partial charge in [-0.2, -0.15) is 0 Å². The van der Waals surface area contributed by atoms with E-state index in [0.29, 0.717) is 28.2 Å². The van der Waals surface area contributed by atoms with Gasteiger partial charge in [-0.3, -0.25) is 4.79 Å². The van der Waals surface area contributed by atoms with Crippen LogP contribution in [-0.4, -0.2) is 37.3 Å². The molecule has 1 heterocycles. The Bertz CT molecular complexity index is 960. The molecule has 6 heteroatoms. The molecule has 0 amide bonds. The number of H-pyrrole nitrogens is 1. The summed E-state index contributed by atoms with van der Waals surface area (Å²) in [7, 11) is 3.09. The number of benzene rings is 2. The van der Waals surface area contributed by atoms with E-state index in [2.05, 4.69) is 28.7 Å². The molecule has 0 bridgehead atoms. The van der Waals surface area contributed by atoms with Gasteiger partial charge in [-0.25, -0.2) is 4.98 Å². The molecule has 0 radical (unpaired) electrons. The van der Waals surface area contributed by atoms with Crippen LogP contribution in [0.1, 0.15) is 13.8 Å². The van der Waals surface area contributed by atoms with Crippen LogP contribution in [-0.2, 0) is 0 Å². The summed E-state index contributed by atoms with van der Waals surface area (Å²) in [4.78, 5) is 22.3. The average Bonchev–Trinajstić information content (AvgIpc) is 2.68. The fourth-order valence-corrected chi connectivity index (χ4v) is 3.05. The van der Waals surface area contributed by atoms with E-state index in [1.165, 1.54) is 7.11 Å². The van der Waals surface area contributed by atoms with E-state index < -0.39 is 0 Å². The van der Waals surface area contributed by atoms with Crippen LogP contribution in [0.3, 0.4) is 0 Å². The van der Waals surface area contributed by atoms with Gasteiger partial charge in [0.1, 0.15) is 22.7 Å². The first kappa shape index (κ1) is 17.8. The Hall–Kier alpha value is -3.02. The molecule has 6 nitrogen and oxygen atoms in total. The lowest BCUT2D eigenvalue weighted by Gasteiger charge is -2.21. The monoisotopic (exact) mass is 353 g/mol. The Morgan fingerprint density at radius 1 is 1.04 bits per heavy atom. The van der Waals surface area contributed by atoms with Crippen molar-refractivity contribution in [2.24, 2.45) is 0 Å². The topological polar surface area (TPSA) is 67.5 Å². The molecule has 0 unspecified atom stereocenters. The van der Waals surface area contributed by atoms with Crippen molar-refractivity contribution in [2.75, 3.05) is 32.2 Å². The lowest BCUT2D eigenvalue weighted by atomic mass is 10.1. The highest BCUT2D eigenvalue weighted by molar-refractivity contribution is 5.87. The second-order valence-corrected chi connectivity index (χ2v) is 5.86. The van der Waals surface area contributed by atoms with E-state index in [1.54, 1.807) is 19.2 Å². The molecule has 1 aromatic heterocycles. The first-order valence-electron chi connectivity index (χ1n) is 8.62. The Balaban J connectivity index is 2.10. The molecule has 0 saturated heterocycles. The number of hydrogen-bond donors (Lipinski definition) is 1. The number of nitrogens with zero attached hydrogens (tertiary/aromatic N) is 2. The summed E-state index contributed by atoms with van der Waals surface area (Å²) in [6.45, 7) is 6.14. The van der Waals surface area contributed by atoms with Gasteiger partial charge in [0, 0.05) is 36.5 Å². The van der Waals surface area contributed by atoms with Crippen LogP contribution in [0.4, 0.5) is 5.69 Å². The third-order valence-corrected chi connectivity index (χ3v) is 4.47. The molecule has 136 valence electrons. The number of aromatic amines is 1. The number of methoxy groups -OCH3 is 2. The highest BCUT2D eigenvalue weighted by Crippen LogP contribution is 2.29. The molecule has 26 heavy (non-hydrogen) atoms. The van der Waals surface area contributed by atoms with Crippen molar-refractivity contribution in [2.45, 2.75) is 13.8 Å². The van der Waals surface area contributed by atoms with E-state index in [1.807, 2.05) is 24.3 Å². The summed E-state index contributed by atoms with van der Waals surface area (Å²) in [5.41, 5.74) is 2.29. The van der Waals surface area contributed by atoms with Gasteiger partial charge >= 0.3 is 0 Å². The summed E-state index contributed by atoms with van der Waals surface area (Å²) in [5, 5.41) is 0.414. The molecule has 0 fully saturated rings. The largest absolute Gasteiger partial charge is 0.497 e. The van der Waals surface area contributed by atoms with Crippen LogP contribution in [0.25, 0.3) is 22.3 Å². The maximum atomic E-state index is 12.6. The first-order valence-corrected chi connectivity index (χ1v) is 8.62. The number of anilines is 1. The summed E-state index contributed by atoms with van der Waals surface area (Å²) < 4.78 is 10.6. The van der Waals surface area contributed by atoms with Gasteiger partial charge in [0.05, 0.1) is 19.7 Å². The maximum absolute atomic E-state index is 12.6. The molecule has 0 aliphatic carbocycles. The lowest BCUT2D eigenvalue weighted by molar-refractivity contribution is 0.397. The number of rotatable bonds is 6. The molecule has 0 aliphatic heterocycles. The Kier molecular flexibility index (Phi) is 5.11. The number of ether oxygens (including phenoxy) is 2. The van der Waals surface area contributed by atoms with E-state index in [0.717, 1.165) is 24.3 Å². The van der Waals surface area contributed by atoms with E-state index in [9.17, 15) is 4.79 Å². The Labute approximate surface area is 152 Å². The van der Waals surface area contributed by atoms with Crippen LogP contribution in [0, 0.1) is 0 Å². The van der Waals surface area contributed by atoms with Crippen LogP contribution in [0.2, 0.25) is 0 Å². The standard InChI is InChI=1S/C20H23N3O3/c1-5-23(6-2)14-9-7-13(8-10-14)19-21-16-11-15(25-3)12-17(26-4)18(16)20(24)22-19/h7-12H,5-6H2,1-4H3,(H,21,22,24). The van der Waals surface area contributed by atoms with Crippen LogP contribution in [0.15, 0.2) is 41.2 Å². The van der Waals surface area contributed by atoms with Crippen LogP contribution >= 0.6 is 0 Å². The van der Waals surface area contributed by atoms with Gasteiger partial charge in [0.25, 0.3) is 5.56 Å². The minimum atomic E-state index is -0.239. The summed E-state index contributed by atoms with van der Waals surface area (Å²) in [5.74, 6) is 1.55. The van der Waals surface area contributed by atoms with Crippen molar-refractivity contribution < 1.29 is 9.47 Å². The van der Waals surface area contributed by atoms with Gasteiger partial charge in [-0.15, -0.1) is 0 Å². The first-order chi connectivity index (χ1) is 12.6. The highest BCUT2D eigenvalue weighted by Gasteiger charge is 2.13. The van der Waals surface area contributed by atoms with Gasteiger partial charge < -0.3 is 19.4 Å². The number of aromatic nitrogens is 2. The maximum Gasteiger partial charge on any atom is 0.262 e. The number of fused-ring (bicyclic) bond motifs is 1. The molecular formula is C20H23N3O3. The molecule has 0 saturated carbocycles. The summed E-state index contributed by atoms with van der Waals surface area (Å²) in [6.07, 6.45) is 0. The van der Waals surface area contributed by atoms with E-state index in [-0.39, 0.29) is 5.56 Å². The molecule has 0 atom stereocenters.